The fourth-order valence-corrected chi connectivity index (χ4v) is 1.72. The number of rotatable bonds is 8. The van der Waals surface area contributed by atoms with Gasteiger partial charge in [0.1, 0.15) is 5.75 Å². The van der Waals surface area contributed by atoms with Gasteiger partial charge in [-0.25, -0.2) is 4.79 Å². The van der Waals surface area contributed by atoms with Gasteiger partial charge >= 0.3 is 5.97 Å². The van der Waals surface area contributed by atoms with Gasteiger partial charge in [0.2, 0.25) is 0 Å². The molecule has 0 bridgehead atoms. The minimum absolute atomic E-state index is 0.355. The molecule has 0 radical (unpaired) electrons. The third kappa shape index (κ3) is 4.55. The minimum Gasteiger partial charge on any atom is -0.497 e. The lowest BCUT2D eigenvalue weighted by Gasteiger charge is -2.17. The number of carboxylic acid groups (broad SMARTS) is 1. The van der Waals surface area contributed by atoms with E-state index < -0.39 is 12.1 Å². The fraction of sp³-hybridized carbons (Fsp3) is 0.462. The molecule has 1 aromatic carbocycles. The first kappa shape index (κ1) is 15.5. The van der Waals surface area contributed by atoms with Crippen molar-refractivity contribution in [2.75, 3.05) is 20.0 Å². The third-order valence-electron chi connectivity index (χ3n) is 2.54. The summed E-state index contributed by atoms with van der Waals surface area (Å²) >= 11 is 4.07. The van der Waals surface area contributed by atoms with E-state index in [1.165, 1.54) is 14.2 Å². The molecule has 0 aliphatic carbocycles. The van der Waals surface area contributed by atoms with Crippen LogP contribution in [-0.2, 0) is 4.79 Å². The van der Waals surface area contributed by atoms with Crippen LogP contribution >= 0.6 is 12.6 Å². The van der Waals surface area contributed by atoms with Crippen LogP contribution in [0.1, 0.15) is 12.8 Å². The van der Waals surface area contributed by atoms with Crippen LogP contribution in [0.5, 0.6) is 17.2 Å². The number of ether oxygens (including phenoxy) is 3. The Balaban J connectivity index is 2.90. The second-order valence-corrected chi connectivity index (χ2v) is 4.27. The first-order valence-electron chi connectivity index (χ1n) is 5.84. The van der Waals surface area contributed by atoms with Crippen LogP contribution < -0.4 is 14.2 Å². The maximum absolute atomic E-state index is 11.1. The molecule has 0 saturated carbocycles. The number of hydrogen-bond acceptors (Lipinski definition) is 5. The molecule has 0 aromatic heterocycles. The van der Waals surface area contributed by atoms with Crippen LogP contribution in [0.15, 0.2) is 18.2 Å². The highest BCUT2D eigenvalue weighted by Crippen LogP contribution is 2.32. The Morgan fingerprint density at radius 2 is 2.05 bits per heavy atom. The van der Waals surface area contributed by atoms with Crippen molar-refractivity contribution in [3.63, 3.8) is 0 Å². The van der Waals surface area contributed by atoms with E-state index in [9.17, 15) is 4.79 Å². The summed E-state index contributed by atoms with van der Waals surface area (Å²) in [6.45, 7) is 0. The van der Waals surface area contributed by atoms with E-state index in [1.54, 1.807) is 18.2 Å². The highest BCUT2D eigenvalue weighted by molar-refractivity contribution is 7.80. The molecule has 6 heteroatoms. The monoisotopic (exact) mass is 286 g/mol. The minimum atomic E-state index is -1.01. The molecule has 1 N–H and O–H groups in total. The number of benzene rings is 1. The van der Waals surface area contributed by atoms with Crippen LogP contribution in [0.2, 0.25) is 0 Å². The summed E-state index contributed by atoms with van der Waals surface area (Å²) in [4.78, 5) is 11.1. The summed E-state index contributed by atoms with van der Waals surface area (Å²) in [6.07, 6.45) is 0.124. The van der Waals surface area contributed by atoms with Crippen molar-refractivity contribution < 1.29 is 24.1 Å². The Labute approximate surface area is 117 Å². The van der Waals surface area contributed by atoms with Crippen molar-refractivity contribution in [1.82, 2.24) is 0 Å². The Morgan fingerprint density at radius 1 is 1.32 bits per heavy atom. The topological polar surface area (TPSA) is 65.0 Å². The van der Waals surface area contributed by atoms with Crippen molar-refractivity contribution in [2.24, 2.45) is 0 Å². The van der Waals surface area contributed by atoms with E-state index in [0.29, 0.717) is 35.8 Å². The molecule has 19 heavy (non-hydrogen) atoms. The highest BCUT2D eigenvalue weighted by atomic mass is 32.1. The van der Waals surface area contributed by atoms with Gasteiger partial charge in [-0.2, -0.15) is 12.6 Å². The van der Waals surface area contributed by atoms with Gasteiger partial charge in [-0.15, -0.1) is 0 Å². The lowest BCUT2D eigenvalue weighted by atomic mass is 10.2. The lowest BCUT2D eigenvalue weighted by Crippen LogP contribution is -2.27. The van der Waals surface area contributed by atoms with E-state index >= 15 is 0 Å². The van der Waals surface area contributed by atoms with Gasteiger partial charge in [0.05, 0.1) is 14.2 Å². The first-order valence-corrected chi connectivity index (χ1v) is 6.48. The van der Waals surface area contributed by atoms with E-state index in [1.807, 2.05) is 0 Å². The molecule has 5 nitrogen and oxygen atoms in total. The molecule has 1 rings (SSSR count). The molecule has 0 heterocycles. The quantitative estimate of drug-likeness (QED) is 0.718. The largest absolute Gasteiger partial charge is 0.497 e. The van der Waals surface area contributed by atoms with Crippen LogP contribution in [0, 0.1) is 0 Å². The van der Waals surface area contributed by atoms with Gasteiger partial charge in [0, 0.05) is 6.07 Å². The highest BCUT2D eigenvalue weighted by Gasteiger charge is 2.21. The summed E-state index contributed by atoms with van der Waals surface area (Å²) in [6, 6.07) is 5.00. The number of thiol groups is 1. The third-order valence-corrected chi connectivity index (χ3v) is 2.86. The second-order valence-electron chi connectivity index (χ2n) is 3.83. The van der Waals surface area contributed by atoms with Crippen LogP contribution in [0.4, 0.5) is 0 Å². The van der Waals surface area contributed by atoms with Gasteiger partial charge in [0.15, 0.2) is 17.6 Å². The van der Waals surface area contributed by atoms with Crippen LogP contribution in [0.25, 0.3) is 0 Å². The maximum atomic E-state index is 11.1. The summed E-state index contributed by atoms with van der Waals surface area (Å²) in [5, 5.41) is 9.13. The normalized spacial score (nSPS) is 11.7. The molecule has 0 aliphatic rings. The SMILES string of the molecule is COc1ccc(OC)c(OC(CCCS)C(=O)O)c1. The zero-order valence-electron chi connectivity index (χ0n) is 11.0. The Kier molecular flexibility index (Phi) is 6.35. The first-order chi connectivity index (χ1) is 9.12. The molecule has 1 unspecified atom stereocenters. The van der Waals surface area contributed by atoms with Gasteiger partial charge in [0.25, 0.3) is 0 Å². The number of hydrogen-bond donors (Lipinski definition) is 2. The average Bonchev–Trinajstić information content (AvgIpc) is 2.42. The van der Waals surface area contributed by atoms with Crippen molar-refractivity contribution in [3.8, 4) is 17.2 Å². The van der Waals surface area contributed by atoms with Crippen LogP contribution in [0.3, 0.4) is 0 Å². The van der Waals surface area contributed by atoms with Crippen molar-refractivity contribution in [2.45, 2.75) is 18.9 Å². The molecular weight excluding hydrogens is 268 g/mol. The number of aliphatic carboxylic acids is 1. The van der Waals surface area contributed by atoms with Crippen LogP contribution in [-0.4, -0.2) is 37.2 Å². The fourth-order valence-electron chi connectivity index (χ4n) is 1.54. The van der Waals surface area contributed by atoms with E-state index in [0.717, 1.165) is 0 Å². The Bertz CT molecular complexity index is 421. The van der Waals surface area contributed by atoms with Gasteiger partial charge in [-0.05, 0) is 30.7 Å². The van der Waals surface area contributed by atoms with E-state index in [4.69, 9.17) is 19.3 Å². The molecule has 106 valence electrons. The number of carbonyl (C=O) groups is 1. The van der Waals surface area contributed by atoms with E-state index in [2.05, 4.69) is 12.6 Å². The number of methoxy groups -OCH3 is 2. The lowest BCUT2D eigenvalue weighted by molar-refractivity contribution is -0.145. The van der Waals surface area contributed by atoms with Crippen molar-refractivity contribution >= 4 is 18.6 Å². The Morgan fingerprint density at radius 3 is 2.58 bits per heavy atom. The van der Waals surface area contributed by atoms with Gasteiger partial charge in [-0.1, -0.05) is 0 Å². The smallest absolute Gasteiger partial charge is 0.344 e. The predicted molar refractivity (Wildman–Crippen MR) is 74.7 cm³/mol. The molecule has 0 spiro atoms. The molecule has 1 aromatic rings. The van der Waals surface area contributed by atoms with Gasteiger partial charge < -0.3 is 19.3 Å². The standard InChI is InChI=1S/C13H18O5S/c1-16-9-5-6-10(17-2)12(8-9)18-11(13(14)15)4-3-7-19/h5-6,8,11,19H,3-4,7H2,1-2H3,(H,14,15). The summed E-state index contributed by atoms with van der Waals surface area (Å²) in [5.74, 6) is 1.01. The molecule has 0 aliphatic heterocycles. The molecular formula is C13H18O5S. The zero-order chi connectivity index (χ0) is 14.3. The van der Waals surface area contributed by atoms with Crippen molar-refractivity contribution in [1.29, 1.82) is 0 Å². The second kappa shape index (κ2) is 7.78. The number of carboxylic acids is 1. The predicted octanol–water partition coefficient (Wildman–Crippen LogP) is 2.25. The Hall–Kier alpha value is -1.56. The average molecular weight is 286 g/mol. The zero-order valence-corrected chi connectivity index (χ0v) is 11.9. The maximum Gasteiger partial charge on any atom is 0.344 e. The molecule has 0 amide bonds. The summed E-state index contributed by atoms with van der Waals surface area (Å²) in [7, 11) is 3.03. The van der Waals surface area contributed by atoms with Crippen molar-refractivity contribution in [3.05, 3.63) is 18.2 Å². The summed E-state index contributed by atoms with van der Waals surface area (Å²) < 4.78 is 15.7. The van der Waals surface area contributed by atoms with Gasteiger partial charge in [-0.3, -0.25) is 0 Å². The molecule has 0 saturated heterocycles. The molecule has 1 atom stereocenters. The summed E-state index contributed by atoms with van der Waals surface area (Å²) in [5.41, 5.74) is 0. The molecule has 0 fully saturated rings. The van der Waals surface area contributed by atoms with E-state index in [-0.39, 0.29) is 0 Å².